The number of benzene rings is 2. The van der Waals surface area contributed by atoms with Gasteiger partial charge in [-0.25, -0.2) is 4.39 Å². The average molecular weight is 350 g/mol. The molecule has 0 spiro atoms. The molecule has 1 N–H and O–H groups in total. The van der Waals surface area contributed by atoms with E-state index in [1.54, 1.807) is 6.07 Å². The van der Waals surface area contributed by atoms with Crippen molar-refractivity contribution in [3.05, 3.63) is 57.8 Å². The second-order valence-electron chi connectivity index (χ2n) is 5.43. The minimum Gasteiger partial charge on any atom is -0.456 e. The fraction of sp³-hybridized carbons (Fsp3) is 0.294. The first-order valence-corrected chi connectivity index (χ1v) is 7.87. The van der Waals surface area contributed by atoms with Crippen molar-refractivity contribution in [2.45, 2.75) is 32.4 Å². The summed E-state index contributed by atoms with van der Waals surface area (Å²) in [6.07, 6.45) is 2.57. The van der Waals surface area contributed by atoms with Crippen LogP contribution in [0.3, 0.4) is 0 Å². The van der Waals surface area contributed by atoms with E-state index in [0.717, 1.165) is 22.3 Å². The smallest absolute Gasteiger partial charge is 0.141 e. The Morgan fingerprint density at radius 3 is 2.62 bits per heavy atom. The van der Waals surface area contributed by atoms with Crippen molar-refractivity contribution >= 4 is 15.9 Å². The molecule has 0 saturated heterocycles. The van der Waals surface area contributed by atoms with Crippen molar-refractivity contribution < 1.29 is 9.13 Å². The molecule has 0 radical (unpaired) electrons. The van der Waals surface area contributed by atoms with Crippen LogP contribution in [0.15, 0.2) is 40.9 Å². The Bertz CT molecular complexity index is 655. The molecule has 0 heterocycles. The zero-order valence-electron chi connectivity index (χ0n) is 11.8. The monoisotopic (exact) mass is 349 g/mol. The Morgan fingerprint density at radius 2 is 1.95 bits per heavy atom. The Morgan fingerprint density at radius 1 is 1.19 bits per heavy atom. The summed E-state index contributed by atoms with van der Waals surface area (Å²) >= 11 is 3.54. The van der Waals surface area contributed by atoms with Gasteiger partial charge in [-0.15, -0.1) is 0 Å². The molecule has 0 aromatic heterocycles. The molecule has 1 fully saturated rings. The molecule has 3 rings (SSSR count). The number of nitrogens with one attached hydrogen (secondary N) is 1. The highest BCUT2D eigenvalue weighted by Crippen LogP contribution is 2.32. The van der Waals surface area contributed by atoms with Crippen molar-refractivity contribution in [2.75, 3.05) is 0 Å². The van der Waals surface area contributed by atoms with Crippen molar-refractivity contribution in [2.24, 2.45) is 0 Å². The molecule has 110 valence electrons. The highest BCUT2D eigenvalue weighted by Gasteiger charge is 2.20. The van der Waals surface area contributed by atoms with Gasteiger partial charge in [0.15, 0.2) is 0 Å². The quantitative estimate of drug-likeness (QED) is 0.825. The van der Waals surface area contributed by atoms with Gasteiger partial charge in [0, 0.05) is 12.6 Å². The van der Waals surface area contributed by atoms with E-state index in [2.05, 4.69) is 27.3 Å². The maximum atomic E-state index is 13.1. The number of halogens is 2. The Hall–Kier alpha value is -1.39. The predicted octanol–water partition coefficient (Wildman–Crippen LogP) is 4.94. The first kappa shape index (κ1) is 14.5. The number of ether oxygens (including phenoxy) is 1. The number of hydrogen-bond donors (Lipinski definition) is 1. The summed E-state index contributed by atoms with van der Waals surface area (Å²) in [6.45, 7) is 2.71. The Kier molecular flexibility index (Phi) is 4.27. The lowest BCUT2D eigenvalue weighted by molar-refractivity contribution is 0.473. The standard InChI is InChI=1S/C17H17BrFNO/c1-11-8-13(19)3-7-16(11)21-17-6-2-12(9-15(17)18)10-20-14-4-5-14/h2-3,6-9,14,20H,4-5,10H2,1H3. The van der Waals surface area contributed by atoms with Crippen molar-refractivity contribution in [3.8, 4) is 11.5 Å². The fourth-order valence-electron chi connectivity index (χ4n) is 2.13. The lowest BCUT2D eigenvalue weighted by Crippen LogP contribution is -2.15. The second kappa shape index (κ2) is 6.16. The molecule has 0 bridgehead atoms. The van der Waals surface area contributed by atoms with Gasteiger partial charge < -0.3 is 10.1 Å². The van der Waals surface area contributed by atoms with E-state index in [4.69, 9.17) is 4.74 Å². The molecule has 2 nitrogen and oxygen atoms in total. The SMILES string of the molecule is Cc1cc(F)ccc1Oc1ccc(CNC2CC2)cc1Br. The zero-order chi connectivity index (χ0) is 14.8. The minimum absolute atomic E-state index is 0.250. The Labute approximate surface area is 132 Å². The summed E-state index contributed by atoms with van der Waals surface area (Å²) in [6, 6.07) is 11.3. The molecule has 21 heavy (non-hydrogen) atoms. The van der Waals surface area contributed by atoms with E-state index in [9.17, 15) is 4.39 Å². The van der Waals surface area contributed by atoms with Crippen molar-refractivity contribution in [3.63, 3.8) is 0 Å². The Balaban J connectivity index is 1.72. The molecule has 1 aliphatic rings. The molecular weight excluding hydrogens is 333 g/mol. The topological polar surface area (TPSA) is 21.3 Å². The molecule has 1 saturated carbocycles. The molecule has 2 aromatic rings. The highest BCUT2D eigenvalue weighted by atomic mass is 79.9. The van der Waals surface area contributed by atoms with Gasteiger partial charge in [0.1, 0.15) is 17.3 Å². The predicted molar refractivity (Wildman–Crippen MR) is 85.2 cm³/mol. The van der Waals surface area contributed by atoms with E-state index in [1.807, 2.05) is 19.1 Å². The first-order chi connectivity index (χ1) is 10.1. The van der Waals surface area contributed by atoms with Crippen molar-refractivity contribution in [1.29, 1.82) is 0 Å². The molecule has 1 aliphatic carbocycles. The fourth-order valence-corrected chi connectivity index (χ4v) is 2.64. The summed E-state index contributed by atoms with van der Waals surface area (Å²) < 4.78 is 19.9. The maximum Gasteiger partial charge on any atom is 0.141 e. The van der Waals surface area contributed by atoms with E-state index in [1.165, 1.54) is 30.5 Å². The summed E-state index contributed by atoms with van der Waals surface area (Å²) in [5.41, 5.74) is 2.00. The summed E-state index contributed by atoms with van der Waals surface area (Å²) in [7, 11) is 0. The highest BCUT2D eigenvalue weighted by molar-refractivity contribution is 9.10. The minimum atomic E-state index is -0.250. The largest absolute Gasteiger partial charge is 0.456 e. The van der Waals surface area contributed by atoms with Gasteiger partial charge in [-0.3, -0.25) is 0 Å². The van der Waals surface area contributed by atoms with E-state index in [0.29, 0.717) is 11.8 Å². The van der Waals surface area contributed by atoms with E-state index >= 15 is 0 Å². The van der Waals surface area contributed by atoms with Crippen LogP contribution < -0.4 is 10.1 Å². The molecule has 0 amide bonds. The lowest BCUT2D eigenvalue weighted by atomic mass is 10.2. The van der Waals surface area contributed by atoms with Gasteiger partial charge in [0.05, 0.1) is 4.47 Å². The summed E-state index contributed by atoms with van der Waals surface area (Å²) in [5, 5.41) is 3.48. The van der Waals surface area contributed by atoms with Crippen LogP contribution in [0.5, 0.6) is 11.5 Å². The second-order valence-corrected chi connectivity index (χ2v) is 6.29. The molecule has 4 heteroatoms. The van der Waals surface area contributed by atoms with Crippen LogP contribution in [-0.2, 0) is 6.54 Å². The van der Waals surface area contributed by atoms with Gasteiger partial charge in [-0.05, 0) is 77.2 Å². The third-order valence-corrected chi connectivity index (χ3v) is 4.15. The summed E-state index contributed by atoms with van der Waals surface area (Å²) in [4.78, 5) is 0. The third kappa shape index (κ3) is 3.83. The molecule has 0 unspecified atom stereocenters. The molecule has 0 aliphatic heterocycles. The molecular formula is C17H17BrFNO. The van der Waals surface area contributed by atoms with Crippen LogP contribution in [0.25, 0.3) is 0 Å². The third-order valence-electron chi connectivity index (χ3n) is 3.53. The van der Waals surface area contributed by atoms with Crippen LogP contribution >= 0.6 is 15.9 Å². The van der Waals surface area contributed by atoms with Gasteiger partial charge in [-0.1, -0.05) is 6.07 Å². The van der Waals surface area contributed by atoms with Gasteiger partial charge in [0.2, 0.25) is 0 Å². The number of aryl methyl sites for hydroxylation is 1. The number of rotatable bonds is 5. The van der Waals surface area contributed by atoms with Crippen LogP contribution in [0.2, 0.25) is 0 Å². The van der Waals surface area contributed by atoms with Crippen LogP contribution in [0, 0.1) is 12.7 Å². The first-order valence-electron chi connectivity index (χ1n) is 7.07. The van der Waals surface area contributed by atoms with Gasteiger partial charge in [-0.2, -0.15) is 0 Å². The van der Waals surface area contributed by atoms with Crippen LogP contribution in [0.4, 0.5) is 4.39 Å². The molecule has 2 aromatic carbocycles. The van der Waals surface area contributed by atoms with E-state index < -0.39 is 0 Å². The number of hydrogen-bond acceptors (Lipinski definition) is 2. The zero-order valence-corrected chi connectivity index (χ0v) is 13.4. The lowest BCUT2D eigenvalue weighted by Gasteiger charge is -2.12. The van der Waals surface area contributed by atoms with Gasteiger partial charge in [0.25, 0.3) is 0 Å². The summed E-state index contributed by atoms with van der Waals surface area (Å²) in [5.74, 6) is 1.15. The average Bonchev–Trinajstić information content (AvgIpc) is 3.26. The normalized spacial score (nSPS) is 14.2. The maximum absolute atomic E-state index is 13.1. The van der Waals surface area contributed by atoms with Crippen LogP contribution in [0.1, 0.15) is 24.0 Å². The van der Waals surface area contributed by atoms with Crippen LogP contribution in [-0.4, -0.2) is 6.04 Å². The van der Waals surface area contributed by atoms with E-state index in [-0.39, 0.29) is 5.82 Å². The molecule has 0 atom stereocenters. The van der Waals surface area contributed by atoms with Crippen molar-refractivity contribution in [1.82, 2.24) is 5.32 Å². The van der Waals surface area contributed by atoms with Gasteiger partial charge >= 0.3 is 0 Å².